The Labute approximate surface area is 148 Å². The largest absolute Gasteiger partial charge is 0.423 e. The van der Waals surface area contributed by atoms with Gasteiger partial charge < -0.3 is 18.9 Å². The Bertz CT molecular complexity index is 1040. The first kappa shape index (κ1) is 16.5. The lowest BCUT2D eigenvalue weighted by Gasteiger charge is -2.03. The van der Waals surface area contributed by atoms with E-state index in [0.29, 0.717) is 29.8 Å². The molecule has 2 heterocycles. The molecule has 0 fully saturated rings. The normalized spacial score (nSPS) is 11.5. The molecule has 0 atom stereocenters. The van der Waals surface area contributed by atoms with Crippen molar-refractivity contribution in [3.05, 3.63) is 47.8 Å². The fourth-order valence-electron chi connectivity index (χ4n) is 2.59. The summed E-state index contributed by atoms with van der Waals surface area (Å²) >= 11 is 0. The van der Waals surface area contributed by atoms with E-state index in [1.54, 1.807) is 7.11 Å². The van der Waals surface area contributed by atoms with Crippen LogP contribution < -0.4 is 10.6 Å². The maximum atomic E-state index is 13.2. The lowest BCUT2D eigenvalue weighted by atomic mass is 10.2. The van der Waals surface area contributed by atoms with Gasteiger partial charge in [0.1, 0.15) is 16.9 Å². The Hall–Kier alpha value is -2.97. The Morgan fingerprint density at radius 1 is 1.00 bits per heavy atom. The average molecular weight is 356 g/mol. The van der Waals surface area contributed by atoms with Gasteiger partial charge in [0.05, 0.1) is 6.61 Å². The molecule has 0 aliphatic rings. The van der Waals surface area contributed by atoms with Gasteiger partial charge in [-0.1, -0.05) is 6.07 Å². The van der Waals surface area contributed by atoms with Crippen LogP contribution in [0.15, 0.2) is 45.2 Å². The molecule has 2 aromatic carbocycles. The number of methoxy groups -OCH3 is 1. The van der Waals surface area contributed by atoms with Crippen LogP contribution in [0.3, 0.4) is 0 Å². The molecular formula is C18H17FN4O3. The number of halogens is 1. The standard InChI is InChI=1S/C18H17FN4O3/c1-24-7-6-20-10-11-2-4-15-13(8-11)21-17(25-15)23-18-22-14-9-12(19)3-5-16(14)26-18/h2-5,8-9,20H,6-7,10H2,1H3,(H,21,22,23). The first-order valence-corrected chi connectivity index (χ1v) is 8.13. The minimum absolute atomic E-state index is 0.193. The second-order valence-electron chi connectivity index (χ2n) is 5.75. The highest BCUT2D eigenvalue weighted by Gasteiger charge is 2.11. The fourth-order valence-corrected chi connectivity index (χ4v) is 2.59. The number of rotatable bonds is 7. The lowest BCUT2D eigenvalue weighted by molar-refractivity contribution is 0.199. The minimum Gasteiger partial charge on any atom is -0.423 e. The third-order valence-electron chi connectivity index (χ3n) is 3.83. The SMILES string of the molecule is COCCNCc1ccc2oc(Nc3nc4cc(F)ccc4o3)nc2c1. The molecule has 0 saturated carbocycles. The number of anilines is 2. The summed E-state index contributed by atoms with van der Waals surface area (Å²) < 4.78 is 29.4. The van der Waals surface area contributed by atoms with Gasteiger partial charge in [0.15, 0.2) is 11.2 Å². The summed E-state index contributed by atoms with van der Waals surface area (Å²) in [6.07, 6.45) is 0. The van der Waals surface area contributed by atoms with E-state index in [4.69, 9.17) is 13.6 Å². The van der Waals surface area contributed by atoms with Gasteiger partial charge >= 0.3 is 12.0 Å². The number of nitrogens with one attached hydrogen (secondary N) is 2. The molecule has 26 heavy (non-hydrogen) atoms. The molecular weight excluding hydrogens is 339 g/mol. The van der Waals surface area contributed by atoms with Crippen LogP contribution in [0.1, 0.15) is 5.56 Å². The van der Waals surface area contributed by atoms with E-state index >= 15 is 0 Å². The Balaban J connectivity index is 1.50. The highest BCUT2D eigenvalue weighted by atomic mass is 19.1. The molecule has 0 radical (unpaired) electrons. The second-order valence-corrected chi connectivity index (χ2v) is 5.75. The van der Waals surface area contributed by atoms with Gasteiger partial charge in [-0.05, 0) is 29.8 Å². The van der Waals surface area contributed by atoms with Crippen LogP contribution in [-0.4, -0.2) is 30.2 Å². The Morgan fingerprint density at radius 3 is 2.42 bits per heavy atom. The summed E-state index contributed by atoms with van der Waals surface area (Å²) in [5.41, 5.74) is 3.37. The predicted octanol–water partition coefficient (Wildman–Crippen LogP) is 3.59. The van der Waals surface area contributed by atoms with Crippen molar-refractivity contribution in [2.45, 2.75) is 6.54 Å². The number of nitrogens with zero attached hydrogens (tertiary/aromatic N) is 2. The Kier molecular flexibility index (Phi) is 4.51. The van der Waals surface area contributed by atoms with Gasteiger partial charge in [-0.25, -0.2) is 4.39 Å². The quantitative estimate of drug-likeness (QED) is 0.490. The van der Waals surface area contributed by atoms with Crippen LogP contribution in [0, 0.1) is 5.82 Å². The summed E-state index contributed by atoms with van der Waals surface area (Å²) in [6.45, 7) is 2.15. The van der Waals surface area contributed by atoms with Crippen LogP contribution in [0.5, 0.6) is 0 Å². The smallest absolute Gasteiger partial charge is 0.303 e. The van der Waals surface area contributed by atoms with Crippen molar-refractivity contribution < 1.29 is 18.0 Å². The van der Waals surface area contributed by atoms with Crippen molar-refractivity contribution in [3.8, 4) is 0 Å². The molecule has 0 saturated heterocycles. The number of fused-ring (bicyclic) bond motifs is 2. The van der Waals surface area contributed by atoms with Crippen LogP contribution in [0.4, 0.5) is 16.4 Å². The number of oxazole rings is 2. The number of hydrogen-bond acceptors (Lipinski definition) is 7. The molecule has 7 nitrogen and oxygen atoms in total. The lowest BCUT2D eigenvalue weighted by Crippen LogP contribution is -2.18. The van der Waals surface area contributed by atoms with Gasteiger partial charge in [-0.3, -0.25) is 5.32 Å². The molecule has 8 heteroatoms. The number of hydrogen-bond donors (Lipinski definition) is 2. The number of benzene rings is 2. The third kappa shape index (κ3) is 3.51. The van der Waals surface area contributed by atoms with Gasteiger partial charge in [-0.15, -0.1) is 0 Å². The fraction of sp³-hybridized carbons (Fsp3) is 0.222. The van der Waals surface area contributed by atoms with E-state index in [2.05, 4.69) is 20.6 Å². The first-order valence-electron chi connectivity index (χ1n) is 8.13. The zero-order chi connectivity index (χ0) is 17.9. The zero-order valence-corrected chi connectivity index (χ0v) is 14.1. The first-order chi connectivity index (χ1) is 12.7. The highest BCUT2D eigenvalue weighted by molar-refractivity contribution is 5.77. The molecule has 2 N–H and O–H groups in total. The topological polar surface area (TPSA) is 85.4 Å². The third-order valence-corrected chi connectivity index (χ3v) is 3.83. The van der Waals surface area contributed by atoms with Crippen molar-refractivity contribution in [1.29, 1.82) is 0 Å². The van der Waals surface area contributed by atoms with Gasteiger partial charge in [0.25, 0.3) is 0 Å². The van der Waals surface area contributed by atoms with E-state index in [-0.39, 0.29) is 17.8 Å². The molecule has 0 bridgehead atoms. The summed E-state index contributed by atoms with van der Waals surface area (Å²) in [5, 5.41) is 6.15. The molecule has 0 amide bonds. The van der Waals surface area contributed by atoms with Crippen LogP contribution >= 0.6 is 0 Å². The molecule has 2 aromatic heterocycles. The predicted molar refractivity (Wildman–Crippen MR) is 94.8 cm³/mol. The summed E-state index contributed by atoms with van der Waals surface area (Å²) in [5.74, 6) is -0.370. The zero-order valence-electron chi connectivity index (χ0n) is 14.1. The van der Waals surface area contributed by atoms with Crippen LogP contribution in [0.25, 0.3) is 22.2 Å². The van der Waals surface area contributed by atoms with Crippen molar-refractivity contribution in [2.24, 2.45) is 0 Å². The molecule has 4 rings (SSSR count). The van der Waals surface area contributed by atoms with Gasteiger partial charge in [0, 0.05) is 26.3 Å². The van der Waals surface area contributed by atoms with E-state index in [1.165, 1.54) is 18.2 Å². The van der Waals surface area contributed by atoms with Crippen LogP contribution in [-0.2, 0) is 11.3 Å². The summed E-state index contributed by atoms with van der Waals surface area (Å²) in [4.78, 5) is 8.57. The highest BCUT2D eigenvalue weighted by Crippen LogP contribution is 2.25. The molecule has 134 valence electrons. The van der Waals surface area contributed by atoms with Crippen molar-refractivity contribution in [2.75, 3.05) is 25.6 Å². The van der Waals surface area contributed by atoms with E-state index < -0.39 is 0 Å². The van der Waals surface area contributed by atoms with Gasteiger partial charge in [0.2, 0.25) is 0 Å². The number of aromatic nitrogens is 2. The van der Waals surface area contributed by atoms with Crippen molar-refractivity contribution in [1.82, 2.24) is 15.3 Å². The summed E-state index contributed by atoms with van der Waals surface area (Å²) in [7, 11) is 1.67. The molecule has 0 spiro atoms. The Morgan fingerprint density at radius 2 is 1.69 bits per heavy atom. The van der Waals surface area contributed by atoms with Crippen molar-refractivity contribution in [3.63, 3.8) is 0 Å². The average Bonchev–Trinajstić information content (AvgIpc) is 3.20. The maximum absolute atomic E-state index is 13.2. The van der Waals surface area contributed by atoms with Gasteiger partial charge in [-0.2, -0.15) is 9.97 Å². The van der Waals surface area contributed by atoms with E-state index in [9.17, 15) is 4.39 Å². The minimum atomic E-state index is -0.370. The summed E-state index contributed by atoms with van der Waals surface area (Å²) in [6, 6.07) is 10.4. The molecule has 4 aromatic rings. The van der Waals surface area contributed by atoms with E-state index in [0.717, 1.165) is 17.6 Å². The monoisotopic (exact) mass is 356 g/mol. The maximum Gasteiger partial charge on any atom is 0.303 e. The van der Waals surface area contributed by atoms with Crippen LogP contribution in [0.2, 0.25) is 0 Å². The molecule has 0 aliphatic heterocycles. The molecule has 0 unspecified atom stereocenters. The number of ether oxygens (including phenoxy) is 1. The molecule has 0 aliphatic carbocycles. The van der Waals surface area contributed by atoms with E-state index in [1.807, 2.05) is 18.2 Å². The second kappa shape index (κ2) is 7.11. The van der Waals surface area contributed by atoms with Crippen molar-refractivity contribution >= 4 is 34.2 Å².